The third-order valence-electron chi connectivity index (χ3n) is 3.71. The summed E-state index contributed by atoms with van der Waals surface area (Å²) in [4.78, 5) is 14.7. The van der Waals surface area contributed by atoms with Crippen molar-refractivity contribution in [2.24, 2.45) is 0 Å². The quantitative estimate of drug-likeness (QED) is 0.757. The van der Waals surface area contributed by atoms with E-state index in [1.165, 1.54) is 4.70 Å². The van der Waals surface area contributed by atoms with Gasteiger partial charge in [-0.2, -0.15) is 0 Å². The van der Waals surface area contributed by atoms with Gasteiger partial charge in [0.1, 0.15) is 5.69 Å². The maximum absolute atomic E-state index is 12.7. The smallest absolute Gasteiger partial charge is 0.270 e. The number of nitrogens with zero attached hydrogens (tertiary/aromatic N) is 2. The first-order valence-corrected chi connectivity index (χ1v) is 8.56. The fourth-order valence-corrected chi connectivity index (χ4v) is 4.38. The van der Waals surface area contributed by atoms with E-state index in [9.17, 15) is 4.79 Å². The zero-order valence-corrected chi connectivity index (χ0v) is 13.8. The van der Waals surface area contributed by atoms with Gasteiger partial charge in [0.25, 0.3) is 5.91 Å². The number of hydrogen-bond acceptors (Lipinski definition) is 2. The SMILES string of the molecule is CC=CCn1c(C(=O)N2CCCC2)cc2scc(Br)c21. The molecule has 1 aliphatic heterocycles. The number of amides is 1. The van der Waals surface area contributed by atoms with Crippen LogP contribution in [0.15, 0.2) is 28.1 Å². The first-order valence-electron chi connectivity index (χ1n) is 6.89. The van der Waals surface area contributed by atoms with Crippen LogP contribution in [0, 0.1) is 0 Å². The van der Waals surface area contributed by atoms with Gasteiger partial charge in [0, 0.05) is 25.0 Å². The van der Waals surface area contributed by atoms with Crippen LogP contribution in [0.3, 0.4) is 0 Å². The maximum atomic E-state index is 12.7. The van der Waals surface area contributed by atoms with Crippen LogP contribution < -0.4 is 0 Å². The van der Waals surface area contributed by atoms with Crippen molar-refractivity contribution in [3.8, 4) is 0 Å². The summed E-state index contributed by atoms with van der Waals surface area (Å²) in [6.07, 6.45) is 6.36. The lowest BCUT2D eigenvalue weighted by atomic mass is 10.3. The highest BCUT2D eigenvalue weighted by Gasteiger charge is 2.24. The van der Waals surface area contributed by atoms with E-state index >= 15 is 0 Å². The van der Waals surface area contributed by atoms with E-state index in [4.69, 9.17) is 0 Å². The standard InChI is InChI=1S/C15H17BrN2OS/c1-2-3-8-18-12(15(19)17-6-4-5-7-17)9-13-14(18)11(16)10-20-13/h2-3,9-10H,4-8H2,1H3. The van der Waals surface area contributed by atoms with Crippen LogP contribution in [0.1, 0.15) is 30.3 Å². The molecule has 0 aromatic carbocycles. The topological polar surface area (TPSA) is 25.2 Å². The zero-order valence-electron chi connectivity index (χ0n) is 11.4. The summed E-state index contributed by atoms with van der Waals surface area (Å²) in [5, 5.41) is 2.08. The molecule has 0 bridgehead atoms. The van der Waals surface area contributed by atoms with Crippen LogP contribution in [-0.2, 0) is 6.54 Å². The highest BCUT2D eigenvalue weighted by atomic mass is 79.9. The van der Waals surface area contributed by atoms with Crippen LogP contribution in [0.5, 0.6) is 0 Å². The van der Waals surface area contributed by atoms with Gasteiger partial charge >= 0.3 is 0 Å². The second-order valence-corrected chi connectivity index (χ2v) is 6.77. The lowest BCUT2D eigenvalue weighted by Crippen LogP contribution is -2.29. The monoisotopic (exact) mass is 352 g/mol. The number of hydrogen-bond donors (Lipinski definition) is 0. The highest BCUT2D eigenvalue weighted by Crippen LogP contribution is 2.34. The van der Waals surface area contributed by atoms with Gasteiger partial charge < -0.3 is 9.47 Å². The molecule has 0 unspecified atom stereocenters. The average Bonchev–Trinajstić information content (AvgIpc) is 3.14. The Hall–Kier alpha value is -1.07. The molecule has 1 saturated heterocycles. The molecule has 0 saturated carbocycles. The second kappa shape index (κ2) is 5.74. The molecule has 20 heavy (non-hydrogen) atoms. The Balaban J connectivity index is 2.06. The van der Waals surface area contributed by atoms with Gasteiger partial charge in [-0.05, 0) is 41.8 Å². The summed E-state index contributed by atoms with van der Waals surface area (Å²) >= 11 is 5.28. The normalized spacial score (nSPS) is 15.8. The Morgan fingerprint density at radius 2 is 2.20 bits per heavy atom. The van der Waals surface area contributed by atoms with Gasteiger partial charge in [-0.1, -0.05) is 12.2 Å². The van der Waals surface area contributed by atoms with E-state index in [0.29, 0.717) is 0 Å². The van der Waals surface area contributed by atoms with Crippen LogP contribution in [0.2, 0.25) is 0 Å². The van der Waals surface area contributed by atoms with Gasteiger partial charge in [-0.3, -0.25) is 4.79 Å². The molecule has 1 amide bonds. The molecule has 0 N–H and O–H groups in total. The van der Waals surface area contributed by atoms with Crippen molar-refractivity contribution < 1.29 is 4.79 Å². The minimum absolute atomic E-state index is 0.169. The second-order valence-electron chi connectivity index (χ2n) is 5.01. The van der Waals surface area contributed by atoms with Gasteiger partial charge in [0.05, 0.1) is 14.7 Å². The molecule has 0 aliphatic carbocycles. The molecule has 106 valence electrons. The summed E-state index contributed by atoms with van der Waals surface area (Å²) in [6.45, 7) is 4.53. The first-order chi connectivity index (χ1) is 9.72. The summed E-state index contributed by atoms with van der Waals surface area (Å²) in [6, 6.07) is 2.04. The molecule has 1 aliphatic rings. The molecule has 5 heteroatoms. The van der Waals surface area contributed by atoms with Crippen LogP contribution in [0.25, 0.3) is 10.2 Å². The van der Waals surface area contributed by atoms with Crippen molar-refractivity contribution in [2.75, 3.05) is 13.1 Å². The lowest BCUT2D eigenvalue weighted by Gasteiger charge is -2.16. The minimum Gasteiger partial charge on any atom is -0.337 e. The Labute approximate surface area is 131 Å². The molecule has 1 fully saturated rings. The molecular formula is C15H17BrN2OS. The number of likely N-dealkylation sites (tertiary alicyclic amines) is 1. The summed E-state index contributed by atoms with van der Waals surface area (Å²) in [5.41, 5.74) is 1.95. The number of thiophene rings is 1. The van der Waals surface area contributed by atoms with E-state index in [1.54, 1.807) is 11.3 Å². The molecular weight excluding hydrogens is 336 g/mol. The van der Waals surface area contributed by atoms with Crippen molar-refractivity contribution in [3.05, 3.63) is 33.8 Å². The van der Waals surface area contributed by atoms with E-state index in [0.717, 1.165) is 48.2 Å². The Morgan fingerprint density at radius 3 is 2.90 bits per heavy atom. The van der Waals surface area contributed by atoms with E-state index < -0.39 is 0 Å². The fraction of sp³-hybridized carbons (Fsp3) is 0.400. The predicted molar refractivity (Wildman–Crippen MR) is 87.5 cm³/mol. The average molecular weight is 353 g/mol. The van der Waals surface area contributed by atoms with Crippen LogP contribution in [0.4, 0.5) is 0 Å². The zero-order chi connectivity index (χ0) is 14.1. The molecule has 0 atom stereocenters. The van der Waals surface area contributed by atoms with Gasteiger partial charge in [0.2, 0.25) is 0 Å². The number of aromatic nitrogens is 1. The van der Waals surface area contributed by atoms with Crippen molar-refractivity contribution in [3.63, 3.8) is 0 Å². The number of halogens is 1. The Morgan fingerprint density at radius 1 is 1.45 bits per heavy atom. The molecule has 3 nitrogen and oxygen atoms in total. The fourth-order valence-electron chi connectivity index (χ4n) is 2.69. The number of carbonyl (C=O) groups excluding carboxylic acids is 1. The van der Waals surface area contributed by atoms with Gasteiger partial charge in [-0.25, -0.2) is 0 Å². The van der Waals surface area contributed by atoms with Crippen molar-refractivity contribution in [1.29, 1.82) is 0 Å². The van der Waals surface area contributed by atoms with Crippen molar-refractivity contribution >= 4 is 43.4 Å². The van der Waals surface area contributed by atoms with E-state index in [2.05, 4.69) is 32.0 Å². The van der Waals surface area contributed by atoms with Gasteiger partial charge in [-0.15, -0.1) is 11.3 Å². The Bertz CT molecular complexity index is 665. The van der Waals surface area contributed by atoms with E-state index in [-0.39, 0.29) is 5.91 Å². The minimum atomic E-state index is 0.169. The molecule has 3 heterocycles. The third kappa shape index (κ3) is 2.33. The van der Waals surface area contributed by atoms with Gasteiger partial charge in [0.15, 0.2) is 0 Å². The van der Waals surface area contributed by atoms with Crippen LogP contribution in [-0.4, -0.2) is 28.5 Å². The third-order valence-corrected chi connectivity index (χ3v) is 5.54. The summed E-state index contributed by atoms with van der Waals surface area (Å²) in [5.74, 6) is 0.169. The molecule has 0 spiro atoms. The lowest BCUT2D eigenvalue weighted by molar-refractivity contribution is 0.0783. The molecule has 3 rings (SSSR count). The van der Waals surface area contributed by atoms with E-state index in [1.807, 2.05) is 24.0 Å². The van der Waals surface area contributed by atoms with Crippen molar-refractivity contribution in [1.82, 2.24) is 9.47 Å². The summed E-state index contributed by atoms with van der Waals surface area (Å²) < 4.78 is 4.36. The Kier molecular flexibility index (Phi) is 3.98. The molecule has 2 aromatic rings. The van der Waals surface area contributed by atoms with Crippen molar-refractivity contribution in [2.45, 2.75) is 26.3 Å². The predicted octanol–water partition coefficient (Wildman–Crippen LogP) is 4.28. The number of carbonyl (C=O) groups is 1. The maximum Gasteiger partial charge on any atom is 0.270 e. The largest absolute Gasteiger partial charge is 0.337 e. The number of fused-ring (bicyclic) bond motifs is 1. The molecule has 0 radical (unpaired) electrons. The first kappa shape index (κ1) is 13.9. The number of allylic oxidation sites excluding steroid dienone is 2. The van der Waals surface area contributed by atoms with Crippen LogP contribution >= 0.6 is 27.3 Å². The number of rotatable bonds is 3. The summed E-state index contributed by atoms with van der Waals surface area (Å²) in [7, 11) is 0. The molecule has 2 aromatic heterocycles. The highest BCUT2D eigenvalue weighted by molar-refractivity contribution is 9.10.